The maximum absolute atomic E-state index is 6.06. The molecular weight excluding hydrogens is 296 g/mol. The van der Waals surface area contributed by atoms with Crippen LogP contribution in [0.3, 0.4) is 0 Å². The lowest BCUT2D eigenvalue weighted by atomic mass is 10.1. The van der Waals surface area contributed by atoms with Crippen LogP contribution in [0.25, 0.3) is 11.3 Å². The van der Waals surface area contributed by atoms with E-state index in [1.54, 1.807) is 0 Å². The minimum atomic E-state index is 0.435. The summed E-state index contributed by atoms with van der Waals surface area (Å²) >= 11 is 9.93. The predicted molar refractivity (Wildman–Crippen MR) is 83.4 cm³/mol. The zero-order chi connectivity index (χ0) is 12.8. The Kier molecular flexibility index (Phi) is 3.07. The van der Waals surface area contributed by atoms with Crippen molar-refractivity contribution in [3.63, 3.8) is 0 Å². The number of aromatic nitrogens is 1. The first kappa shape index (κ1) is 12.2. The highest BCUT2D eigenvalue weighted by Gasteiger charge is 2.26. The van der Waals surface area contributed by atoms with Crippen LogP contribution >= 0.6 is 34.7 Å². The third-order valence-corrected chi connectivity index (χ3v) is 6.07. The van der Waals surface area contributed by atoms with Gasteiger partial charge in [0.05, 0.1) is 11.7 Å². The van der Waals surface area contributed by atoms with Gasteiger partial charge in [0, 0.05) is 39.9 Å². The van der Waals surface area contributed by atoms with E-state index in [0.717, 1.165) is 23.7 Å². The first-order valence-electron chi connectivity index (χ1n) is 6.41. The van der Waals surface area contributed by atoms with Crippen molar-refractivity contribution in [2.24, 2.45) is 0 Å². The van der Waals surface area contributed by atoms with E-state index in [2.05, 4.69) is 17.4 Å². The molecule has 4 rings (SSSR count). The molecule has 2 aromatic rings. The minimum Gasteiger partial charge on any atom is -0.306 e. The summed E-state index contributed by atoms with van der Waals surface area (Å²) in [7, 11) is 0. The Labute approximate surface area is 125 Å². The number of fused-ring (bicyclic) bond motifs is 3. The quantitative estimate of drug-likeness (QED) is 0.741. The molecule has 1 saturated heterocycles. The lowest BCUT2D eigenvalue weighted by Crippen LogP contribution is -2.30. The summed E-state index contributed by atoms with van der Waals surface area (Å²) in [6.07, 6.45) is 0.989. The molecule has 0 saturated carbocycles. The second kappa shape index (κ2) is 4.77. The first-order chi connectivity index (χ1) is 9.31. The Bertz CT molecular complexity index is 632. The third-order valence-electron chi connectivity index (χ3n) is 3.61. The number of nitrogens with zero attached hydrogens (tertiary/aromatic N) is 1. The van der Waals surface area contributed by atoms with Crippen molar-refractivity contribution < 1.29 is 0 Å². The molecule has 1 aromatic carbocycles. The number of benzene rings is 1. The van der Waals surface area contributed by atoms with Crippen LogP contribution in [0.5, 0.6) is 0 Å². The molecule has 5 heteroatoms. The van der Waals surface area contributed by atoms with Gasteiger partial charge in [0.2, 0.25) is 0 Å². The summed E-state index contributed by atoms with van der Waals surface area (Å²) < 4.78 is 0. The Balaban J connectivity index is 1.71. The summed E-state index contributed by atoms with van der Waals surface area (Å²) in [5.41, 5.74) is 3.77. The van der Waals surface area contributed by atoms with Crippen molar-refractivity contribution in [3.05, 3.63) is 38.7 Å². The van der Waals surface area contributed by atoms with E-state index < -0.39 is 0 Å². The fourth-order valence-corrected chi connectivity index (χ4v) is 5.10. The van der Waals surface area contributed by atoms with Gasteiger partial charge in [-0.2, -0.15) is 11.8 Å². The smallest absolute Gasteiger partial charge is 0.111 e. The number of thioether (sulfide) groups is 1. The molecule has 0 radical (unpaired) electrons. The van der Waals surface area contributed by atoms with Gasteiger partial charge in [-0.1, -0.05) is 17.7 Å². The standard InChI is InChI=1S/C14H13ClN2S2/c15-9-1-2-10-8(5-9)6-12-13(10)17-14(19-12)11-7-18-4-3-16-11/h1-2,5,11,16H,3-4,6-7H2. The first-order valence-corrected chi connectivity index (χ1v) is 8.76. The Hall–Kier alpha value is -0.550. The van der Waals surface area contributed by atoms with Gasteiger partial charge in [0.25, 0.3) is 0 Å². The number of halogens is 1. The SMILES string of the molecule is Clc1ccc2c(c1)Cc1sc(C3CSCCN3)nc1-2. The van der Waals surface area contributed by atoms with E-state index >= 15 is 0 Å². The van der Waals surface area contributed by atoms with Gasteiger partial charge in [-0.3, -0.25) is 0 Å². The van der Waals surface area contributed by atoms with E-state index in [0.29, 0.717) is 6.04 Å². The molecular formula is C14H13ClN2S2. The van der Waals surface area contributed by atoms with Crippen molar-refractivity contribution in [2.45, 2.75) is 12.5 Å². The van der Waals surface area contributed by atoms with Crippen LogP contribution in [0.2, 0.25) is 5.02 Å². The van der Waals surface area contributed by atoms with Crippen LogP contribution in [0.15, 0.2) is 18.2 Å². The number of hydrogen-bond acceptors (Lipinski definition) is 4. The highest BCUT2D eigenvalue weighted by atomic mass is 35.5. The molecule has 1 aliphatic carbocycles. The van der Waals surface area contributed by atoms with Gasteiger partial charge in [0.1, 0.15) is 5.01 Å². The number of rotatable bonds is 1. The van der Waals surface area contributed by atoms with Crippen LogP contribution in [-0.4, -0.2) is 23.0 Å². The average Bonchev–Trinajstić information content (AvgIpc) is 2.96. The Morgan fingerprint density at radius 3 is 3.16 bits per heavy atom. The molecule has 19 heavy (non-hydrogen) atoms. The largest absolute Gasteiger partial charge is 0.306 e. The molecule has 2 nitrogen and oxygen atoms in total. The molecule has 1 fully saturated rings. The maximum Gasteiger partial charge on any atom is 0.111 e. The third kappa shape index (κ3) is 2.11. The van der Waals surface area contributed by atoms with Gasteiger partial charge >= 0.3 is 0 Å². The summed E-state index contributed by atoms with van der Waals surface area (Å²) in [6.45, 7) is 1.09. The molecule has 1 N–H and O–H groups in total. The van der Waals surface area contributed by atoms with E-state index in [-0.39, 0.29) is 0 Å². The lowest BCUT2D eigenvalue weighted by Gasteiger charge is -2.20. The highest BCUT2D eigenvalue weighted by molar-refractivity contribution is 7.99. The summed E-state index contributed by atoms with van der Waals surface area (Å²) in [6, 6.07) is 6.57. The van der Waals surface area contributed by atoms with Crippen LogP contribution in [-0.2, 0) is 6.42 Å². The summed E-state index contributed by atoms with van der Waals surface area (Å²) in [5.74, 6) is 2.35. The van der Waals surface area contributed by atoms with Crippen LogP contribution in [0.1, 0.15) is 21.5 Å². The molecule has 1 aliphatic heterocycles. The maximum atomic E-state index is 6.06. The van der Waals surface area contributed by atoms with Crippen molar-refractivity contribution in [2.75, 3.05) is 18.1 Å². The van der Waals surface area contributed by atoms with E-state index in [1.807, 2.05) is 29.2 Å². The number of hydrogen-bond donors (Lipinski definition) is 1. The molecule has 2 heterocycles. The second-order valence-corrected chi connectivity index (χ2v) is 7.59. The average molecular weight is 309 g/mol. The summed E-state index contributed by atoms with van der Waals surface area (Å²) in [4.78, 5) is 6.28. The van der Waals surface area contributed by atoms with Gasteiger partial charge in [-0.05, 0) is 17.7 Å². The molecule has 0 spiro atoms. The van der Waals surface area contributed by atoms with E-state index in [9.17, 15) is 0 Å². The molecule has 0 bridgehead atoms. The lowest BCUT2D eigenvalue weighted by molar-refractivity contribution is 0.592. The fourth-order valence-electron chi connectivity index (χ4n) is 2.69. The molecule has 98 valence electrons. The van der Waals surface area contributed by atoms with Gasteiger partial charge in [-0.25, -0.2) is 4.98 Å². The summed E-state index contributed by atoms with van der Waals surface area (Å²) in [5, 5.41) is 5.63. The zero-order valence-corrected chi connectivity index (χ0v) is 12.7. The topological polar surface area (TPSA) is 24.9 Å². The Morgan fingerprint density at radius 1 is 1.37 bits per heavy atom. The van der Waals surface area contributed by atoms with Crippen LogP contribution in [0, 0.1) is 0 Å². The predicted octanol–water partition coefficient (Wildman–Crippen LogP) is 3.75. The van der Waals surface area contributed by atoms with Crippen molar-refractivity contribution in [1.29, 1.82) is 0 Å². The van der Waals surface area contributed by atoms with Crippen LogP contribution < -0.4 is 5.32 Å². The van der Waals surface area contributed by atoms with Gasteiger partial charge in [0.15, 0.2) is 0 Å². The fraction of sp³-hybridized carbons (Fsp3) is 0.357. The monoisotopic (exact) mass is 308 g/mol. The zero-order valence-electron chi connectivity index (χ0n) is 10.3. The van der Waals surface area contributed by atoms with Gasteiger partial charge < -0.3 is 5.32 Å². The second-order valence-electron chi connectivity index (χ2n) is 4.88. The molecule has 2 aliphatic rings. The molecule has 1 atom stereocenters. The van der Waals surface area contributed by atoms with Crippen molar-refractivity contribution >= 4 is 34.7 Å². The van der Waals surface area contributed by atoms with E-state index in [4.69, 9.17) is 16.6 Å². The van der Waals surface area contributed by atoms with Crippen molar-refractivity contribution in [1.82, 2.24) is 10.3 Å². The van der Waals surface area contributed by atoms with Crippen molar-refractivity contribution in [3.8, 4) is 11.3 Å². The highest BCUT2D eigenvalue weighted by Crippen LogP contribution is 2.42. The number of thiazole rings is 1. The normalized spacial score (nSPS) is 21.2. The van der Waals surface area contributed by atoms with Crippen LogP contribution in [0.4, 0.5) is 0 Å². The number of nitrogens with one attached hydrogen (secondary N) is 1. The molecule has 0 amide bonds. The van der Waals surface area contributed by atoms with E-state index in [1.165, 1.54) is 32.5 Å². The Morgan fingerprint density at radius 2 is 2.32 bits per heavy atom. The molecule has 1 aromatic heterocycles. The van der Waals surface area contributed by atoms with Gasteiger partial charge in [-0.15, -0.1) is 11.3 Å². The minimum absolute atomic E-state index is 0.435. The molecule has 1 unspecified atom stereocenters.